The lowest BCUT2D eigenvalue weighted by Crippen LogP contribution is -2.36. The molecule has 0 unspecified atom stereocenters. The maximum Gasteiger partial charge on any atom is 0.119 e. The van der Waals surface area contributed by atoms with Gasteiger partial charge in [-0.25, -0.2) is 0 Å². The molecule has 0 aliphatic heterocycles. The lowest BCUT2D eigenvalue weighted by Gasteiger charge is -2.18. The molecule has 0 atom stereocenters. The minimum absolute atomic E-state index is 0.0804. The van der Waals surface area contributed by atoms with E-state index in [-0.39, 0.29) is 5.54 Å². The molecule has 0 bridgehead atoms. The van der Waals surface area contributed by atoms with E-state index in [9.17, 15) is 0 Å². The van der Waals surface area contributed by atoms with Gasteiger partial charge in [0.15, 0.2) is 0 Å². The van der Waals surface area contributed by atoms with Crippen LogP contribution in [0.1, 0.15) is 25.8 Å². The smallest absolute Gasteiger partial charge is 0.119 e. The van der Waals surface area contributed by atoms with E-state index in [0.717, 1.165) is 31.7 Å². The normalized spacial score (nSPS) is 11.5. The Labute approximate surface area is 104 Å². The zero-order chi connectivity index (χ0) is 12.7. The minimum atomic E-state index is -0.0804. The van der Waals surface area contributed by atoms with Crippen LogP contribution in [0.2, 0.25) is 0 Å². The molecule has 1 aromatic rings. The molecular formula is C14H24N2O. The van der Waals surface area contributed by atoms with Gasteiger partial charge in [0.2, 0.25) is 0 Å². The van der Waals surface area contributed by atoms with Gasteiger partial charge in [-0.1, -0.05) is 12.1 Å². The largest absolute Gasteiger partial charge is 0.497 e. The molecule has 0 radical (unpaired) electrons. The van der Waals surface area contributed by atoms with Crippen LogP contribution >= 0.6 is 0 Å². The molecule has 0 spiro atoms. The van der Waals surface area contributed by atoms with E-state index in [4.69, 9.17) is 10.5 Å². The van der Waals surface area contributed by atoms with Crippen LogP contribution in [0.3, 0.4) is 0 Å². The average Bonchev–Trinajstić information content (AvgIpc) is 2.27. The van der Waals surface area contributed by atoms with E-state index in [0.29, 0.717) is 0 Å². The molecule has 0 aromatic heterocycles. The Morgan fingerprint density at radius 3 is 2.71 bits per heavy atom. The summed E-state index contributed by atoms with van der Waals surface area (Å²) in [6, 6.07) is 8.19. The van der Waals surface area contributed by atoms with Gasteiger partial charge in [-0.15, -0.1) is 0 Å². The van der Waals surface area contributed by atoms with Gasteiger partial charge in [0.25, 0.3) is 0 Å². The van der Waals surface area contributed by atoms with Crippen molar-refractivity contribution in [2.75, 3.05) is 20.2 Å². The van der Waals surface area contributed by atoms with Gasteiger partial charge in [0.1, 0.15) is 5.75 Å². The number of benzene rings is 1. The number of nitrogens with two attached hydrogens (primary N) is 1. The van der Waals surface area contributed by atoms with E-state index >= 15 is 0 Å². The summed E-state index contributed by atoms with van der Waals surface area (Å²) in [6.07, 6.45) is 2.01. The van der Waals surface area contributed by atoms with Crippen molar-refractivity contribution in [1.29, 1.82) is 0 Å². The van der Waals surface area contributed by atoms with Crippen LogP contribution in [0, 0.1) is 0 Å². The highest BCUT2D eigenvalue weighted by atomic mass is 16.5. The third-order valence-electron chi connectivity index (χ3n) is 2.67. The predicted octanol–water partition coefficient (Wildman–Crippen LogP) is 1.95. The lowest BCUT2D eigenvalue weighted by atomic mass is 10.0. The molecule has 0 fully saturated rings. The summed E-state index contributed by atoms with van der Waals surface area (Å²) >= 11 is 0. The van der Waals surface area contributed by atoms with Crippen LogP contribution in [0.4, 0.5) is 0 Å². The number of rotatable bonds is 7. The Hall–Kier alpha value is -1.06. The summed E-state index contributed by atoms with van der Waals surface area (Å²) in [4.78, 5) is 0. The van der Waals surface area contributed by atoms with Gasteiger partial charge in [-0.05, 0) is 57.5 Å². The van der Waals surface area contributed by atoms with Gasteiger partial charge >= 0.3 is 0 Å². The SMILES string of the molecule is COc1cccc(CCNCCC(C)(C)N)c1. The monoisotopic (exact) mass is 236 g/mol. The third kappa shape index (κ3) is 6.29. The third-order valence-corrected chi connectivity index (χ3v) is 2.67. The number of hydrogen-bond acceptors (Lipinski definition) is 3. The first kappa shape index (κ1) is 14.0. The molecule has 1 aromatic carbocycles. The predicted molar refractivity (Wildman–Crippen MR) is 72.5 cm³/mol. The first-order chi connectivity index (χ1) is 8.01. The molecule has 0 saturated carbocycles. The van der Waals surface area contributed by atoms with Gasteiger partial charge in [0, 0.05) is 5.54 Å². The molecule has 1 rings (SSSR count). The Balaban J connectivity index is 2.22. The molecule has 3 N–H and O–H groups in total. The Bertz CT molecular complexity index is 331. The van der Waals surface area contributed by atoms with E-state index in [2.05, 4.69) is 31.3 Å². The van der Waals surface area contributed by atoms with Crippen LogP contribution in [-0.4, -0.2) is 25.7 Å². The fraction of sp³-hybridized carbons (Fsp3) is 0.571. The van der Waals surface area contributed by atoms with Crippen molar-refractivity contribution in [1.82, 2.24) is 5.32 Å². The second-order valence-electron chi connectivity index (χ2n) is 5.09. The standard InChI is InChI=1S/C14H24N2O/c1-14(2,15)8-10-16-9-7-12-5-4-6-13(11-12)17-3/h4-6,11,16H,7-10,15H2,1-3H3. The second kappa shape index (κ2) is 6.62. The van der Waals surface area contributed by atoms with Crippen LogP contribution in [0.25, 0.3) is 0 Å². The zero-order valence-electron chi connectivity index (χ0n) is 11.1. The van der Waals surface area contributed by atoms with E-state index < -0.39 is 0 Å². The number of methoxy groups -OCH3 is 1. The first-order valence-corrected chi connectivity index (χ1v) is 6.14. The van der Waals surface area contributed by atoms with Crippen LogP contribution in [0.5, 0.6) is 5.75 Å². The summed E-state index contributed by atoms with van der Waals surface area (Å²) in [7, 11) is 1.70. The van der Waals surface area contributed by atoms with Gasteiger partial charge in [-0.2, -0.15) is 0 Å². The van der Waals surface area contributed by atoms with Crippen LogP contribution < -0.4 is 15.8 Å². The molecule has 0 amide bonds. The lowest BCUT2D eigenvalue weighted by molar-refractivity contribution is 0.414. The Morgan fingerprint density at radius 1 is 1.29 bits per heavy atom. The fourth-order valence-corrected chi connectivity index (χ4v) is 1.60. The van der Waals surface area contributed by atoms with Crippen molar-refractivity contribution in [3.8, 4) is 5.75 Å². The minimum Gasteiger partial charge on any atom is -0.497 e. The highest BCUT2D eigenvalue weighted by molar-refractivity contribution is 5.28. The van der Waals surface area contributed by atoms with E-state index in [1.165, 1.54) is 5.56 Å². The molecule has 0 heterocycles. The molecule has 0 aliphatic carbocycles. The van der Waals surface area contributed by atoms with Crippen molar-refractivity contribution >= 4 is 0 Å². The van der Waals surface area contributed by atoms with Crippen molar-refractivity contribution in [2.24, 2.45) is 5.73 Å². The first-order valence-electron chi connectivity index (χ1n) is 6.14. The van der Waals surface area contributed by atoms with Gasteiger partial charge in [-0.3, -0.25) is 0 Å². The van der Waals surface area contributed by atoms with Crippen molar-refractivity contribution < 1.29 is 4.74 Å². The van der Waals surface area contributed by atoms with Crippen LogP contribution in [0.15, 0.2) is 24.3 Å². The summed E-state index contributed by atoms with van der Waals surface area (Å²) < 4.78 is 5.19. The van der Waals surface area contributed by atoms with Crippen LogP contribution in [-0.2, 0) is 6.42 Å². The van der Waals surface area contributed by atoms with Gasteiger partial charge < -0.3 is 15.8 Å². The highest BCUT2D eigenvalue weighted by Crippen LogP contribution is 2.12. The maximum atomic E-state index is 5.91. The zero-order valence-corrected chi connectivity index (χ0v) is 11.1. The Kier molecular flexibility index (Phi) is 5.45. The van der Waals surface area contributed by atoms with Crippen molar-refractivity contribution in [3.05, 3.63) is 29.8 Å². The summed E-state index contributed by atoms with van der Waals surface area (Å²) in [5.41, 5.74) is 7.13. The highest BCUT2D eigenvalue weighted by Gasteiger charge is 2.08. The number of hydrogen-bond donors (Lipinski definition) is 2. The van der Waals surface area contributed by atoms with E-state index in [1.54, 1.807) is 7.11 Å². The Morgan fingerprint density at radius 2 is 2.06 bits per heavy atom. The summed E-state index contributed by atoms with van der Waals surface area (Å²) in [5, 5.41) is 3.41. The van der Waals surface area contributed by atoms with Crippen molar-refractivity contribution in [2.45, 2.75) is 32.2 Å². The topological polar surface area (TPSA) is 47.3 Å². The van der Waals surface area contributed by atoms with Gasteiger partial charge in [0.05, 0.1) is 7.11 Å². The second-order valence-corrected chi connectivity index (χ2v) is 5.09. The van der Waals surface area contributed by atoms with Crippen molar-refractivity contribution in [3.63, 3.8) is 0 Å². The quantitative estimate of drug-likeness (QED) is 0.711. The molecule has 96 valence electrons. The molecule has 17 heavy (non-hydrogen) atoms. The molecule has 3 heteroatoms. The molecule has 3 nitrogen and oxygen atoms in total. The molecular weight excluding hydrogens is 212 g/mol. The molecule has 0 aliphatic rings. The molecule has 0 saturated heterocycles. The summed E-state index contributed by atoms with van der Waals surface area (Å²) in [6.45, 7) is 6.05. The fourth-order valence-electron chi connectivity index (χ4n) is 1.60. The number of nitrogens with one attached hydrogen (secondary N) is 1. The average molecular weight is 236 g/mol. The summed E-state index contributed by atoms with van der Waals surface area (Å²) in [5.74, 6) is 0.922. The number of ether oxygens (including phenoxy) is 1. The van der Waals surface area contributed by atoms with E-state index in [1.807, 2.05) is 12.1 Å². The maximum absolute atomic E-state index is 5.91.